The fourth-order valence-electron chi connectivity index (χ4n) is 3.25. The third-order valence-corrected chi connectivity index (χ3v) is 4.37. The Bertz CT molecular complexity index is 466. The molecule has 1 unspecified atom stereocenters. The highest BCUT2D eigenvalue weighted by Crippen LogP contribution is 2.20. The summed E-state index contributed by atoms with van der Waals surface area (Å²) in [6, 6.07) is 0.557. The number of hydrogen-bond acceptors (Lipinski definition) is 4. The van der Waals surface area contributed by atoms with Crippen LogP contribution in [0.15, 0.2) is 12.4 Å². The van der Waals surface area contributed by atoms with Gasteiger partial charge in [-0.1, -0.05) is 6.42 Å². The second-order valence-electron chi connectivity index (χ2n) is 5.85. The number of carbonyl (C=O) groups excluding carboxylic acids is 1. The maximum absolute atomic E-state index is 12.3. The highest BCUT2D eigenvalue weighted by Gasteiger charge is 2.30. The first-order valence-corrected chi connectivity index (χ1v) is 7.52. The van der Waals surface area contributed by atoms with Crippen molar-refractivity contribution >= 4 is 11.6 Å². The Balaban J connectivity index is 1.52. The summed E-state index contributed by atoms with van der Waals surface area (Å²) in [4.78, 5) is 16.8. The van der Waals surface area contributed by atoms with E-state index in [2.05, 4.69) is 10.00 Å². The summed E-state index contributed by atoms with van der Waals surface area (Å²) in [5.74, 6) is 0.146. The molecule has 3 rings (SSSR count). The monoisotopic (exact) mass is 277 g/mol. The zero-order chi connectivity index (χ0) is 13.9. The summed E-state index contributed by atoms with van der Waals surface area (Å²) in [6.45, 7) is 4.43. The molecule has 2 fully saturated rings. The third-order valence-electron chi connectivity index (χ3n) is 4.37. The second-order valence-corrected chi connectivity index (χ2v) is 5.85. The SMILES string of the molecule is Nc1cnn(CC(=O)N2CCC(N3CCCCC3)C2)c1. The number of amides is 1. The molecule has 0 saturated carbocycles. The molecule has 0 spiro atoms. The molecule has 2 N–H and O–H groups in total. The van der Waals surface area contributed by atoms with Gasteiger partial charge < -0.3 is 10.6 Å². The van der Waals surface area contributed by atoms with Gasteiger partial charge in [0.1, 0.15) is 6.54 Å². The molecule has 20 heavy (non-hydrogen) atoms. The molecule has 110 valence electrons. The number of likely N-dealkylation sites (tertiary alicyclic amines) is 2. The first-order valence-electron chi connectivity index (χ1n) is 7.52. The largest absolute Gasteiger partial charge is 0.396 e. The molecule has 1 aromatic heterocycles. The van der Waals surface area contributed by atoms with Gasteiger partial charge in [0.2, 0.25) is 5.91 Å². The van der Waals surface area contributed by atoms with Crippen LogP contribution in [0, 0.1) is 0 Å². The lowest BCUT2D eigenvalue weighted by atomic mass is 10.1. The van der Waals surface area contributed by atoms with Crippen LogP contribution in [0.3, 0.4) is 0 Å². The van der Waals surface area contributed by atoms with E-state index in [4.69, 9.17) is 5.73 Å². The minimum Gasteiger partial charge on any atom is -0.396 e. The van der Waals surface area contributed by atoms with E-state index >= 15 is 0 Å². The molecule has 1 aromatic rings. The quantitative estimate of drug-likeness (QED) is 0.876. The highest BCUT2D eigenvalue weighted by atomic mass is 16.2. The van der Waals surface area contributed by atoms with E-state index in [1.165, 1.54) is 32.4 Å². The number of nitrogens with two attached hydrogens (primary N) is 1. The van der Waals surface area contributed by atoms with Crippen LogP contribution >= 0.6 is 0 Å². The van der Waals surface area contributed by atoms with Crippen LogP contribution in [0.25, 0.3) is 0 Å². The van der Waals surface area contributed by atoms with Crippen LogP contribution in [-0.4, -0.2) is 57.7 Å². The normalized spacial score (nSPS) is 24.2. The van der Waals surface area contributed by atoms with E-state index < -0.39 is 0 Å². The first-order chi connectivity index (χ1) is 9.72. The van der Waals surface area contributed by atoms with Crippen LogP contribution in [0.5, 0.6) is 0 Å². The number of aromatic nitrogens is 2. The Kier molecular flexibility index (Phi) is 3.91. The van der Waals surface area contributed by atoms with Gasteiger partial charge in [0.25, 0.3) is 0 Å². The van der Waals surface area contributed by atoms with Gasteiger partial charge in [-0.25, -0.2) is 0 Å². The van der Waals surface area contributed by atoms with Crippen molar-refractivity contribution in [1.29, 1.82) is 0 Å². The lowest BCUT2D eigenvalue weighted by Crippen LogP contribution is -2.42. The molecule has 2 aliphatic rings. The molecule has 1 atom stereocenters. The summed E-state index contributed by atoms with van der Waals surface area (Å²) in [5, 5.41) is 4.07. The van der Waals surface area contributed by atoms with Crippen molar-refractivity contribution in [3.8, 4) is 0 Å². The molecule has 6 nitrogen and oxygen atoms in total. The lowest BCUT2D eigenvalue weighted by Gasteiger charge is -2.32. The van der Waals surface area contributed by atoms with E-state index in [9.17, 15) is 4.79 Å². The summed E-state index contributed by atoms with van der Waals surface area (Å²) in [5.41, 5.74) is 6.21. The number of anilines is 1. The molecule has 0 aromatic carbocycles. The van der Waals surface area contributed by atoms with Crippen molar-refractivity contribution in [2.24, 2.45) is 0 Å². The van der Waals surface area contributed by atoms with Gasteiger partial charge in [0, 0.05) is 25.3 Å². The Morgan fingerprint density at radius 1 is 1.30 bits per heavy atom. The lowest BCUT2D eigenvalue weighted by molar-refractivity contribution is -0.131. The predicted molar refractivity (Wildman–Crippen MR) is 77.0 cm³/mol. The van der Waals surface area contributed by atoms with Gasteiger partial charge in [0.15, 0.2) is 0 Å². The third kappa shape index (κ3) is 2.95. The van der Waals surface area contributed by atoms with Gasteiger partial charge in [-0.05, 0) is 32.4 Å². The van der Waals surface area contributed by atoms with E-state index in [0.717, 1.165) is 19.5 Å². The summed E-state index contributed by atoms with van der Waals surface area (Å²) >= 11 is 0. The standard InChI is InChI=1S/C14H23N5O/c15-12-8-16-19(9-12)11-14(20)18-7-4-13(10-18)17-5-2-1-3-6-17/h8-9,13H,1-7,10-11,15H2. The molecule has 0 radical (unpaired) electrons. The predicted octanol–water partition coefficient (Wildman–Crippen LogP) is 0.552. The zero-order valence-corrected chi connectivity index (χ0v) is 11.9. The van der Waals surface area contributed by atoms with E-state index in [0.29, 0.717) is 18.3 Å². The van der Waals surface area contributed by atoms with Crippen LogP contribution in [0.4, 0.5) is 5.69 Å². The Labute approximate surface area is 119 Å². The molecule has 0 bridgehead atoms. The molecule has 0 aliphatic carbocycles. The fourth-order valence-corrected chi connectivity index (χ4v) is 3.25. The number of hydrogen-bond donors (Lipinski definition) is 1. The van der Waals surface area contributed by atoms with E-state index in [-0.39, 0.29) is 5.91 Å². The summed E-state index contributed by atoms with van der Waals surface area (Å²) in [6.07, 6.45) is 8.34. The average molecular weight is 277 g/mol. The molecule has 1 amide bonds. The van der Waals surface area contributed by atoms with Crippen molar-refractivity contribution in [3.63, 3.8) is 0 Å². The van der Waals surface area contributed by atoms with Crippen LogP contribution < -0.4 is 5.73 Å². The Morgan fingerprint density at radius 3 is 2.80 bits per heavy atom. The second kappa shape index (κ2) is 5.83. The minimum atomic E-state index is 0.146. The molecule has 6 heteroatoms. The van der Waals surface area contributed by atoms with Gasteiger partial charge >= 0.3 is 0 Å². The smallest absolute Gasteiger partial charge is 0.244 e. The van der Waals surface area contributed by atoms with Crippen LogP contribution in [0.1, 0.15) is 25.7 Å². The Morgan fingerprint density at radius 2 is 2.10 bits per heavy atom. The minimum absolute atomic E-state index is 0.146. The van der Waals surface area contributed by atoms with Crippen molar-refractivity contribution in [3.05, 3.63) is 12.4 Å². The van der Waals surface area contributed by atoms with Crippen molar-refractivity contribution in [1.82, 2.24) is 19.6 Å². The highest BCUT2D eigenvalue weighted by molar-refractivity contribution is 5.76. The maximum Gasteiger partial charge on any atom is 0.244 e. The molecular formula is C14H23N5O. The molecule has 3 heterocycles. The molecular weight excluding hydrogens is 254 g/mol. The number of carbonyl (C=O) groups is 1. The number of nitrogens with zero attached hydrogens (tertiary/aromatic N) is 4. The summed E-state index contributed by atoms with van der Waals surface area (Å²) < 4.78 is 1.62. The average Bonchev–Trinajstić information content (AvgIpc) is 3.09. The van der Waals surface area contributed by atoms with Crippen molar-refractivity contribution < 1.29 is 4.79 Å². The van der Waals surface area contributed by atoms with Crippen LogP contribution in [0.2, 0.25) is 0 Å². The fraction of sp³-hybridized carbons (Fsp3) is 0.714. The van der Waals surface area contributed by atoms with E-state index in [1.54, 1.807) is 17.1 Å². The van der Waals surface area contributed by atoms with Gasteiger partial charge in [-0.15, -0.1) is 0 Å². The van der Waals surface area contributed by atoms with Gasteiger partial charge in [-0.3, -0.25) is 14.4 Å². The first kappa shape index (κ1) is 13.4. The molecule has 2 saturated heterocycles. The van der Waals surface area contributed by atoms with Gasteiger partial charge in [-0.2, -0.15) is 5.10 Å². The molecule has 2 aliphatic heterocycles. The van der Waals surface area contributed by atoms with E-state index in [1.807, 2.05) is 4.90 Å². The maximum atomic E-state index is 12.3. The number of nitrogen functional groups attached to an aromatic ring is 1. The topological polar surface area (TPSA) is 67.4 Å². The number of rotatable bonds is 3. The Hall–Kier alpha value is -1.56. The zero-order valence-electron chi connectivity index (χ0n) is 11.9. The van der Waals surface area contributed by atoms with Crippen molar-refractivity contribution in [2.45, 2.75) is 38.3 Å². The summed E-state index contributed by atoms with van der Waals surface area (Å²) in [7, 11) is 0. The van der Waals surface area contributed by atoms with Gasteiger partial charge in [0.05, 0.1) is 11.9 Å². The van der Waals surface area contributed by atoms with Crippen LogP contribution in [-0.2, 0) is 11.3 Å². The van der Waals surface area contributed by atoms with Crippen molar-refractivity contribution in [2.75, 3.05) is 31.9 Å². The number of piperidine rings is 1.